The molecule has 0 spiro atoms. The van der Waals surface area contributed by atoms with E-state index < -0.39 is 11.7 Å². The number of rotatable bonds is 1. The topological polar surface area (TPSA) is 42.0 Å². The number of carbonyl (C=O) groups excluding carboxylic acids is 1. The molecule has 1 aromatic rings. The molecule has 0 aliphatic heterocycles. The first-order valence-electron chi connectivity index (χ1n) is 4.76. The molecule has 1 aromatic heterocycles. The number of aromatic nitrogens is 1. The van der Waals surface area contributed by atoms with Crippen LogP contribution in [0.25, 0.3) is 0 Å². The van der Waals surface area contributed by atoms with Crippen molar-refractivity contribution in [3.8, 4) is 11.8 Å². The highest BCUT2D eigenvalue weighted by atomic mass is 35.5. The van der Waals surface area contributed by atoms with Gasteiger partial charge in [-0.2, -0.15) is 13.2 Å². The number of hydrogen-bond donors (Lipinski definition) is 1. The number of nitrogens with zero attached hydrogens (tertiary/aromatic N) is 1. The van der Waals surface area contributed by atoms with Gasteiger partial charge in [-0.3, -0.25) is 4.79 Å². The number of nitrogens with one attached hydrogen (secondary N) is 1. The average molecular weight is 277 g/mol. The molecular weight excluding hydrogens is 269 g/mol. The monoisotopic (exact) mass is 276 g/mol. The van der Waals surface area contributed by atoms with Gasteiger partial charge in [0, 0.05) is 13.1 Å². The van der Waals surface area contributed by atoms with Gasteiger partial charge in [-0.25, -0.2) is 4.98 Å². The zero-order valence-corrected chi connectivity index (χ0v) is 9.99. The minimum atomic E-state index is -4.49. The Balaban J connectivity index is 2.83. The van der Waals surface area contributed by atoms with Crippen molar-refractivity contribution in [3.05, 3.63) is 28.5 Å². The zero-order chi connectivity index (χ0) is 13.8. The van der Waals surface area contributed by atoms with Gasteiger partial charge < -0.3 is 5.32 Å². The summed E-state index contributed by atoms with van der Waals surface area (Å²) in [4.78, 5) is 14.1. The molecule has 0 aliphatic rings. The van der Waals surface area contributed by atoms with Gasteiger partial charge in [0.25, 0.3) is 0 Å². The predicted octanol–water partition coefficient (Wildman–Crippen LogP) is 2.24. The zero-order valence-electron chi connectivity index (χ0n) is 9.23. The van der Waals surface area contributed by atoms with Crippen LogP contribution in [0.5, 0.6) is 0 Å². The molecule has 1 rings (SSSR count). The Labute approximate surface area is 106 Å². The Morgan fingerprint density at radius 2 is 2.22 bits per heavy atom. The van der Waals surface area contributed by atoms with Gasteiger partial charge in [0.05, 0.1) is 17.1 Å². The first-order valence-corrected chi connectivity index (χ1v) is 5.14. The molecule has 0 saturated carbocycles. The molecule has 96 valence electrons. The van der Waals surface area contributed by atoms with E-state index in [9.17, 15) is 18.0 Å². The normalized spacial score (nSPS) is 10.5. The van der Waals surface area contributed by atoms with E-state index in [-0.39, 0.29) is 23.2 Å². The van der Waals surface area contributed by atoms with Gasteiger partial charge in [-0.05, 0) is 12.0 Å². The minimum Gasteiger partial charge on any atom is -0.345 e. The fraction of sp³-hybridized carbons (Fsp3) is 0.273. The molecule has 7 heteroatoms. The summed E-state index contributed by atoms with van der Waals surface area (Å²) in [5, 5.41) is 2.23. The molecule has 0 aromatic carbocycles. The smallest absolute Gasteiger partial charge is 0.345 e. The van der Waals surface area contributed by atoms with Crippen molar-refractivity contribution < 1.29 is 18.0 Å². The third kappa shape index (κ3) is 4.26. The molecule has 18 heavy (non-hydrogen) atoms. The molecule has 0 bridgehead atoms. The van der Waals surface area contributed by atoms with Crippen molar-refractivity contribution in [1.82, 2.24) is 10.3 Å². The van der Waals surface area contributed by atoms with Gasteiger partial charge >= 0.3 is 6.18 Å². The fourth-order valence-corrected chi connectivity index (χ4v) is 1.20. The van der Waals surface area contributed by atoms with Gasteiger partial charge in [-0.15, -0.1) is 0 Å². The Morgan fingerprint density at radius 1 is 1.56 bits per heavy atom. The number of carbonyl (C=O) groups is 1. The SMILES string of the molecule is CC(=O)NCC#Cc1ncc(C(F)(F)F)cc1Cl. The van der Waals surface area contributed by atoms with Gasteiger partial charge in [0.1, 0.15) is 5.69 Å². The van der Waals surface area contributed by atoms with Crippen molar-refractivity contribution in [2.24, 2.45) is 0 Å². The van der Waals surface area contributed by atoms with Crippen LogP contribution in [0.4, 0.5) is 13.2 Å². The fourth-order valence-electron chi connectivity index (χ4n) is 0.982. The van der Waals surface area contributed by atoms with Gasteiger partial charge in [0.2, 0.25) is 5.91 Å². The van der Waals surface area contributed by atoms with E-state index in [0.717, 1.165) is 6.07 Å². The highest BCUT2D eigenvalue weighted by Crippen LogP contribution is 2.30. The van der Waals surface area contributed by atoms with E-state index in [2.05, 4.69) is 22.1 Å². The van der Waals surface area contributed by atoms with E-state index in [1.165, 1.54) is 6.92 Å². The number of halogens is 4. The predicted molar refractivity (Wildman–Crippen MR) is 59.8 cm³/mol. The minimum absolute atomic E-state index is 0.0371. The molecule has 0 radical (unpaired) electrons. The summed E-state index contributed by atoms with van der Waals surface area (Å²) in [6.07, 6.45) is -3.83. The molecule has 3 nitrogen and oxygen atoms in total. The Bertz CT molecular complexity index is 517. The van der Waals surface area contributed by atoms with Crippen LogP contribution in [0, 0.1) is 11.8 Å². The molecule has 0 aliphatic carbocycles. The van der Waals surface area contributed by atoms with Crippen LogP contribution < -0.4 is 5.32 Å². The third-order valence-corrected chi connectivity index (χ3v) is 2.09. The maximum Gasteiger partial charge on any atom is 0.417 e. The van der Waals surface area contributed by atoms with Crippen LogP contribution in [-0.4, -0.2) is 17.4 Å². The van der Waals surface area contributed by atoms with Crippen LogP contribution in [0.3, 0.4) is 0 Å². The second-order valence-electron chi connectivity index (χ2n) is 3.26. The van der Waals surface area contributed by atoms with Crippen molar-refractivity contribution in [2.45, 2.75) is 13.1 Å². The summed E-state index contributed by atoms with van der Waals surface area (Å²) >= 11 is 5.62. The second-order valence-corrected chi connectivity index (χ2v) is 3.67. The van der Waals surface area contributed by atoms with Crippen LogP contribution >= 0.6 is 11.6 Å². The number of hydrogen-bond acceptors (Lipinski definition) is 2. The van der Waals surface area contributed by atoms with Crippen LogP contribution in [-0.2, 0) is 11.0 Å². The lowest BCUT2D eigenvalue weighted by atomic mass is 10.2. The first kappa shape index (κ1) is 14.3. The Kier molecular flexibility index (Phi) is 4.56. The largest absolute Gasteiger partial charge is 0.417 e. The maximum atomic E-state index is 12.3. The Morgan fingerprint density at radius 3 is 2.72 bits per heavy atom. The summed E-state index contributed by atoms with van der Waals surface area (Å²) in [5.74, 6) is 4.74. The lowest BCUT2D eigenvalue weighted by Crippen LogP contribution is -2.19. The summed E-state index contributed by atoms with van der Waals surface area (Å²) < 4.78 is 36.9. The van der Waals surface area contributed by atoms with E-state index in [0.29, 0.717) is 6.20 Å². The number of amides is 1. The van der Waals surface area contributed by atoms with Crippen LogP contribution in [0.2, 0.25) is 5.02 Å². The van der Waals surface area contributed by atoms with Gasteiger partial charge in [0.15, 0.2) is 0 Å². The molecule has 1 heterocycles. The van der Waals surface area contributed by atoms with Crippen molar-refractivity contribution >= 4 is 17.5 Å². The third-order valence-electron chi connectivity index (χ3n) is 1.80. The maximum absolute atomic E-state index is 12.3. The molecule has 0 fully saturated rings. The van der Waals surface area contributed by atoms with E-state index in [1.54, 1.807) is 0 Å². The lowest BCUT2D eigenvalue weighted by Gasteiger charge is -2.06. The molecule has 0 atom stereocenters. The summed E-state index contributed by atoms with van der Waals surface area (Å²) in [6.45, 7) is 1.40. The quantitative estimate of drug-likeness (QED) is 0.800. The summed E-state index contributed by atoms with van der Waals surface area (Å²) in [6, 6.07) is 0.761. The summed E-state index contributed by atoms with van der Waals surface area (Å²) in [7, 11) is 0. The first-order chi connectivity index (χ1) is 8.30. The molecule has 1 amide bonds. The van der Waals surface area contributed by atoms with Crippen molar-refractivity contribution in [3.63, 3.8) is 0 Å². The average Bonchev–Trinajstić information content (AvgIpc) is 2.24. The summed E-state index contributed by atoms with van der Waals surface area (Å²) in [5.41, 5.74) is -0.894. The Hall–Kier alpha value is -1.74. The molecule has 0 unspecified atom stereocenters. The van der Waals surface area contributed by atoms with E-state index in [4.69, 9.17) is 11.6 Å². The molecular formula is C11H8ClF3N2O. The van der Waals surface area contributed by atoms with Gasteiger partial charge in [-0.1, -0.05) is 17.5 Å². The van der Waals surface area contributed by atoms with Crippen LogP contribution in [0.1, 0.15) is 18.2 Å². The number of pyridine rings is 1. The lowest BCUT2D eigenvalue weighted by molar-refractivity contribution is -0.137. The highest BCUT2D eigenvalue weighted by Gasteiger charge is 2.31. The van der Waals surface area contributed by atoms with Crippen molar-refractivity contribution in [2.75, 3.05) is 6.54 Å². The van der Waals surface area contributed by atoms with Crippen molar-refractivity contribution in [1.29, 1.82) is 0 Å². The molecule has 1 N–H and O–H groups in total. The second kappa shape index (κ2) is 5.74. The molecule has 0 saturated heterocycles. The van der Waals surface area contributed by atoms with E-state index in [1.807, 2.05) is 0 Å². The highest BCUT2D eigenvalue weighted by molar-refractivity contribution is 6.31. The van der Waals surface area contributed by atoms with Crippen LogP contribution in [0.15, 0.2) is 12.3 Å². The standard InChI is InChI=1S/C11H8ClF3N2O/c1-7(18)16-4-2-3-10-9(12)5-8(6-17-10)11(13,14)15/h5-6H,4H2,1H3,(H,16,18). The van der Waals surface area contributed by atoms with E-state index >= 15 is 0 Å². The number of alkyl halides is 3.